The lowest BCUT2D eigenvalue weighted by molar-refractivity contribution is -0.132. The van der Waals surface area contributed by atoms with Crippen molar-refractivity contribution in [1.82, 2.24) is 4.90 Å². The molecule has 1 amide bonds. The number of benzene rings is 1. The van der Waals surface area contributed by atoms with E-state index in [0.717, 1.165) is 19.5 Å². The SMILES string of the molecule is CCC(C)(C)CC(=O)N1C[C@@H](CN)[C@H](c2ccccc2)C1.Cl. The van der Waals surface area contributed by atoms with Crippen molar-refractivity contribution in [2.24, 2.45) is 17.1 Å². The summed E-state index contributed by atoms with van der Waals surface area (Å²) in [5.41, 5.74) is 7.33. The van der Waals surface area contributed by atoms with Gasteiger partial charge in [-0.15, -0.1) is 12.4 Å². The third-order valence-corrected chi connectivity index (χ3v) is 4.91. The van der Waals surface area contributed by atoms with E-state index in [9.17, 15) is 4.79 Å². The van der Waals surface area contributed by atoms with Gasteiger partial charge in [0.05, 0.1) is 0 Å². The van der Waals surface area contributed by atoms with Crippen molar-refractivity contribution < 1.29 is 4.79 Å². The molecule has 1 aliphatic rings. The summed E-state index contributed by atoms with van der Waals surface area (Å²) in [6.45, 7) is 8.72. The monoisotopic (exact) mass is 324 g/mol. The molecule has 0 bridgehead atoms. The van der Waals surface area contributed by atoms with Crippen LogP contribution in [0.3, 0.4) is 0 Å². The number of halogens is 1. The van der Waals surface area contributed by atoms with Crippen LogP contribution in [-0.4, -0.2) is 30.4 Å². The Bertz CT molecular complexity index is 475. The van der Waals surface area contributed by atoms with Crippen LogP contribution >= 0.6 is 12.4 Å². The first kappa shape index (κ1) is 19.0. The smallest absolute Gasteiger partial charge is 0.223 e. The maximum absolute atomic E-state index is 12.5. The second-order valence-corrected chi connectivity index (χ2v) is 7.01. The Balaban J connectivity index is 0.00000242. The zero-order chi connectivity index (χ0) is 15.5. The first-order valence-electron chi connectivity index (χ1n) is 7.99. The van der Waals surface area contributed by atoms with Crippen molar-refractivity contribution in [2.75, 3.05) is 19.6 Å². The van der Waals surface area contributed by atoms with Gasteiger partial charge in [0.2, 0.25) is 5.91 Å². The lowest BCUT2D eigenvalue weighted by atomic mass is 9.86. The summed E-state index contributed by atoms with van der Waals surface area (Å²) in [6.07, 6.45) is 1.65. The fraction of sp³-hybridized carbons (Fsp3) is 0.611. The predicted octanol–water partition coefficient (Wildman–Crippen LogP) is 3.44. The number of carbonyl (C=O) groups is 1. The minimum absolute atomic E-state index is 0. The summed E-state index contributed by atoms with van der Waals surface area (Å²) >= 11 is 0. The normalized spacial score (nSPS) is 21.5. The number of nitrogens with zero attached hydrogens (tertiary/aromatic N) is 1. The van der Waals surface area contributed by atoms with Crippen LogP contribution < -0.4 is 5.73 Å². The largest absolute Gasteiger partial charge is 0.342 e. The molecule has 3 nitrogen and oxygen atoms in total. The Labute approximate surface area is 140 Å². The topological polar surface area (TPSA) is 46.3 Å². The second-order valence-electron chi connectivity index (χ2n) is 7.01. The molecule has 0 aliphatic carbocycles. The van der Waals surface area contributed by atoms with Crippen LogP contribution in [0.2, 0.25) is 0 Å². The summed E-state index contributed by atoms with van der Waals surface area (Å²) < 4.78 is 0. The fourth-order valence-corrected chi connectivity index (χ4v) is 3.04. The molecule has 1 aromatic carbocycles. The Kier molecular flexibility index (Phi) is 6.89. The molecule has 4 heteroatoms. The zero-order valence-corrected chi connectivity index (χ0v) is 14.7. The number of likely N-dealkylation sites (tertiary alicyclic amines) is 1. The van der Waals surface area contributed by atoms with E-state index in [-0.39, 0.29) is 23.7 Å². The third kappa shape index (κ3) is 4.47. The number of hydrogen-bond donors (Lipinski definition) is 1. The molecule has 2 N–H and O–H groups in total. The number of hydrogen-bond acceptors (Lipinski definition) is 2. The van der Waals surface area contributed by atoms with Gasteiger partial charge in [0.25, 0.3) is 0 Å². The molecule has 1 heterocycles. The molecule has 1 saturated heterocycles. The quantitative estimate of drug-likeness (QED) is 0.902. The lowest BCUT2D eigenvalue weighted by Gasteiger charge is -2.25. The van der Waals surface area contributed by atoms with Gasteiger partial charge in [-0.1, -0.05) is 57.5 Å². The van der Waals surface area contributed by atoms with Crippen molar-refractivity contribution in [3.63, 3.8) is 0 Å². The van der Waals surface area contributed by atoms with Gasteiger partial charge in [-0.05, 0) is 23.4 Å². The van der Waals surface area contributed by atoms with E-state index in [2.05, 4.69) is 45.0 Å². The van der Waals surface area contributed by atoms with E-state index in [1.54, 1.807) is 0 Å². The number of rotatable bonds is 5. The Hall–Kier alpha value is -1.06. The van der Waals surface area contributed by atoms with E-state index < -0.39 is 0 Å². The highest BCUT2D eigenvalue weighted by molar-refractivity contribution is 5.85. The minimum Gasteiger partial charge on any atom is -0.342 e. The molecule has 1 fully saturated rings. The summed E-state index contributed by atoms with van der Waals surface area (Å²) in [4.78, 5) is 14.6. The first-order valence-corrected chi connectivity index (χ1v) is 7.99. The molecule has 2 rings (SSSR count). The predicted molar refractivity (Wildman–Crippen MR) is 94.2 cm³/mol. The number of carbonyl (C=O) groups excluding carboxylic acids is 1. The van der Waals surface area contributed by atoms with E-state index in [4.69, 9.17) is 5.73 Å². The van der Waals surface area contributed by atoms with Gasteiger partial charge in [-0.25, -0.2) is 0 Å². The second kappa shape index (κ2) is 7.98. The molecule has 1 aromatic rings. The van der Waals surface area contributed by atoms with Gasteiger partial charge in [0.1, 0.15) is 0 Å². The maximum Gasteiger partial charge on any atom is 0.223 e. The molecule has 22 heavy (non-hydrogen) atoms. The average molecular weight is 325 g/mol. The molecule has 124 valence electrons. The van der Waals surface area contributed by atoms with E-state index in [1.165, 1.54) is 5.56 Å². The lowest BCUT2D eigenvalue weighted by Crippen LogP contribution is -2.33. The first-order chi connectivity index (χ1) is 9.96. The summed E-state index contributed by atoms with van der Waals surface area (Å²) in [5, 5.41) is 0. The molecule has 0 aromatic heterocycles. The van der Waals surface area contributed by atoms with Gasteiger partial charge in [0.15, 0.2) is 0 Å². The molecule has 2 atom stereocenters. The summed E-state index contributed by atoms with van der Waals surface area (Å²) in [7, 11) is 0. The van der Waals surface area contributed by atoms with Crippen LogP contribution in [-0.2, 0) is 4.79 Å². The summed E-state index contributed by atoms with van der Waals surface area (Å²) in [6, 6.07) is 10.5. The highest BCUT2D eigenvalue weighted by Gasteiger charge is 2.36. The molecule has 1 aliphatic heterocycles. The molecular weight excluding hydrogens is 296 g/mol. The van der Waals surface area contributed by atoms with Gasteiger partial charge in [-0.2, -0.15) is 0 Å². The minimum atomic E-state index is 0. The van der Waals surface area contributed by atoms with Crippen molar-refractivity contribution in [3.8, 4) is 0 Å². The molecule has 0 spiro atoms. The molecular formula is C18H29ClN2O. The highest BCUT2D eigenvalue weighted by atomic mass is 35.5. The highest BCUT2D eigenvalue weighted by Crippen LogP contribution is 2.34. The fourth-order valence-electron chi connectivity index (χ4n) is 3.04. The molecule has 0 saturated carbocycles. The summed E-state index contributed by atoms with van der Waals surface area (Å²) in [5.74, 6) is 1.03. The van der Waals surface area contributed by atoms with Crippen LogP contribution in [0.25, 0.3) is 0 Å². The van der Waals surface area contributed by atoms with Crippen LogP contribution in [0.5, 0.6) is 0 Å². The standard InChI is InChI=1S/C18H28N2O.ClH/c1-4-18(2,3)10-17(21)20-12-15(11-19)16(13-20)14-8-6-5-7-9-14;/h5-9,15-16H,4,10-13,19H2,1-3H3;1H/t15-,16+;/m1./s1. The van der Waals surface area contributed by atoms with Crippen molar-refractivity contribution in [3.05, 3.63) is 35.9 Å². The van der Waals surface area contributed by atoms with Crippen LogP contribution in [0.4, 0.5) is 0 Å². The van der Waals surface area contributed by atoms with E-state index >= 15 is 0 Å². The van der Waals surface area contributed by atoms with Crippen LogP contribution in [0, 0.1) is 11.3 Å². The van der Waals surface area contributed by atoms with Crippen molar-refractivity contribution in [1.29, 1.82) is 0 Å². The van der Waals surface area contributed by atoms with Gasteiger partial charge in [0, 0.05) is 25.4 Å². The Morgan fingerprint density at radius 3 is 2.45 bits per heavy atom. The van der Waals surface area contributed by atoms with Crippen molar-refractivity contribution in [2.45, 2.75) is 39.5 Å². The van der Waals surface area contributed by atoms with Gasteiger partial charge < -0.3 is 10.6 Å². The zero-order valence-electron chi connectivity index (χ0n) is 13.9. The van der Waals surface area contributed by atoms with Crippen LogP contribution in [0.15, 0.2) is 30.3 Å². The van der Waals surface area contributed by atoms with E-state index in [1.807, 2.05) is 11.0 Å². The Morgan fingerprint density at radius 2 is 1.91 bits per heavy atom. The van der Waals surface area contributed by atoms with Crippen LogP contribution in [0.1, 0.15) is 45.1 Å². The maximum atomic E-state index is 12.5. The Morgan fingerprint density at radius 1 is 1.27 bits per heavy atom. The third-order valence-electron chi connectivity index (χ3n) is 4.91. The molecule has 0 radical (unpaired) electrons. The van der Waals surface area contributed by atoms with Gasteiger partial charge >= 0.3 is 0 Å². The number of nitrogens with two attached hydrogens (primary N) is 1. The van der Waals surface area contributed by atoms with E-state index in [0.29, 0.717) is 24.8 Å². The van der Waals surface area contributed by atoms with Crippen molar-refractivity contribution >= 4 is 18.3 Å². The van der Waals surface area contributed by atoms with Gasteiger partial charge in [-0.3, -0.25) is 4.79 Å². The molecule has 0 unspecified atom stereocenters. The average Bonchev–Trinajstić information content (AvgIpc) is 2.92. The number of amides is 1.